The largest absolute Gasteiger partial charge is 0.119 e. The van der Waals surface area contributed by atoms with Gasteiger partial charge in [-0.05, 0) is 24.2 Å². The average molecular weight is 178 g/mol. The molecule has 0 radical (unpaired) electrons. The number of rotatable bonds is 4. The molecule has 1 aliphatic rings. The van der Waals surface area contributed by atoms with E-state index in [1.165, 1.54) is 19.3 Å². The van der Waals surface area contributed by atoms with Gasteiger partial charge in [0.1, 0.15) is 0 Å². The summed E-state index contributed by atoms with van der Waals surface area (Å²) in [4.78, 5) is 0. The van der Waals surface area contributed by atoms with Crippen molar-refractivity contribution in [1.29, 1.82) is 0 Å². The van der Waals surface area contributed by atoms with Crippen molar-refractivity contribution in [3.05, 3.63) is 0 Å². The van der Waals surface area contributed by atoms with E-state index in [0.717, 1.165) is 12.3 Å². The summed E-state index contributed by atoms with van der Waals surface area (Å²) >= 11 is 0. The summed E-state index contributed by atoms with van der Waals surface area (Å²) in [5, 5.41) is 0. The zero-order valence-electron chi connectivity index (χ0n) is 9.48. The summed E-state index contributed by atoms with van der Waals surface area (Å²) in [7, 11) is 0. The number of hydrogen-bond donors (Lipinski definition) is 0. The molecule has 0 saturated heterocycles. The Labute approximate surface area is 83.1 Å². The molecule has 13 heavy (non-hydrogen) atoms. The summed E-state index contributed by atoms with van der Waals surface area (Å²) in [6, 6.07) is 0. The zero-order valence-corrected chi connectivity index (χ0v) is 9.48. The summed E-state index contributed by atoms with van der Waals surface area (Å²) in [5.74, 6) is 3.78. The molecular weight excluding hydrogens is 156 g/mol. The van der Waals surface area contributed by atoms with Crippen LogP contribution in [0.3, 0.4) is 0 Å². The van der Waals surface area contributed by atoms with Crippen LogP contribution in [0.2, 0.25) is 0 Å². The van der Waals surface area contributed by atoms with Crippen molar-refractivity contribution < 1.29 is 0 Å². The molecule has 0 amide bonds. The molecule has 0 N–H and O–H groups in total. The van der Waals surface area contributed by atoms with Crippen LogP contribution < -0.4 is 0 Å². The molecule has 0 aliphatic heterocycles. The molecule has 0 aromatic carbocycles. The van der Waals surface area contributed by atoms with Gasteiger partial charge in [0.25, 0.3) is 0 Å². The smallest absolute Gasteiger partial charge is 0.0397 e. The maximum absolute atomic E-state index is 5.67. The van der Waals surface area contributed by atoms with Gasteiger partial charge in [0.15, 0.2) is 0 Å². The Kier molecular flexibility index (Phi) is 2.76. The van der Waals surface area contributed by atoms with Crippen molar-refractivity contribution in [2.75, 3.05) is 0 Å². The first kappa shape index (κ1) is 10.6. The van der Waals surface area contributed by atoms with Gasteiger partial charge < -0.3 is 0 Å². The van der Waals surface area contributed by atoms with Gasteiger partial charge in [-0.15, -0.1) is 6.42 Å². The number of hydrogen-bond acceptors (Lipinski definition) is 0. The monoisotopic (exact) mass is 178 g/mol. The van der Waals surface area contributed by atoms with Crippen LogP contribution in [0.25, 0.3) is 0 Å². The normalized spacial score (nSPS) is 42.8. The van der Waals surface area contributed by atoms with E-state index in [-0.39, 0.29) is 5.41 Å². The lowest BCUT2D eigenvalue weighted by Crippen LogP contribution is -2.08. The maximum atomic E-state index is 5.67. The lowest BCUT2D eigenvalue weighted by atomic mass is 9.88. The van der Waals surface area contributed by atoms with E-state index in [4.69, 9.17) is 6.42 Å². The average Bonchev–Trinajstić information content (AvgIpc) is 2.62. The maximum Gasteiger partial charge on any atom is 0.0397 e. The van der Waals surface area contributed by atoms with Gasteiger partial charge >= 0.3 is 0 Å². The first-order chi connectivity index (χ1) is 6.09. The van der Waals surface area contributed by atoms with Crippen molar-refractivity contribution in [2.24, 2.45) is 16.7 Å². The van der Waals surface area contributed by atoms with Crippen molar-refractivity contribution >= 4 is 0 Å². The zero-order chi connectivity index (χ0) is 10.1. The second kappa shape index (κ2) is 3.37. The van der Waals surface area contributed by atoms with Crippen LogP contribution in [-0.4, -0.2) is 0 Å². The standard InChI is InChI=1S/C13H22/c1-6-9-10-12(5)11(4)13(12,7-2)8-3/h2,11H,6,8-10H2,1,3-5H3. The van der Waals surface area contributed by atoms with Crippen molar-refractivity contribution in [1.82, 2.24) is 0 Å². The Morgan fingerprint density at radius 1 is 1.38 bits per heavy atom. The van der Waals surface area contributed by atoms with E-state index in [1.807, 2.05) is 0 Å². The Bertz CT molecular complexity index is 223. The van der Waals surface area contributed by atoms with Gasteiger partial charge in [-0.1, -0.05) is 46.5 Å². The Morgan fingerprint density at radius 3 is 2.31 bits per heavy atom. The third-order valence-electron chi connectivity index (χ3n) is 4.50. The van der Waals surface area contributed by atoms with Crippen LogP contribution >= 0.6 is 0 Å². The minimum atomic E-state index is 0.224. The van der Waals surface area contributed by atoms with Gasteiger partial charge in [0.2, 0.25) is 0 Å². The fourth-order valence-corrected chi connectivity index (χ4v) is 3.10. The molecule has 1 fully saturated rings. The summed E-state index contributed by atoms with van der Waals surface area (Å²) in [5.41, 5.74) is 0.661. The molecule has 3 atom stereocenters. The first-order valence-electron chi connectivity index (χ1n) is 5.56. The van der Waals surface area contributed by atoms with Crippen molar-refractivity contribution in [3.8, 4) is 12.3 Å². The molecular formula is C13H22. The molecule has 0 aromatic heterocycles. The molecule has 0 heterocycles. The van der Waals surface area contributed by atoms with Crippen LogP contribution in [0, 0.1) is 29.1 Å². The van der Waals surface area contributed by atoms with Crippen LogP contribution in [0.5, 0.6) is 0 Å². The summed E-state index contributed by atoms with van der Waals surface area (Å²) in [6.45, 7) is 9.17. The molecule has 0 bridgehead atoms. The second-order valence-corrected chi connectivity index (χ2v) is 4.71. The predicted octanol–water partition coefficient (Wildman–Crippen LogP) is 3.86. The Morgan fingerprint density at radius 2 is 2.00 bits per heavy atom. The molecule has 0 nitrogen and oxygen atoms in total. The third-order valence-corrected chi connectivity index (χ3v) is 4.50. The molecule has 1 saturated carbocycles. The van der Waals surface area contributed by atoms with E-state index in [1.54, 1.807) is 0 Å². The highest BCUT2D eigenvalue weighted by Gasteiger charge is 2.68. The van der Waals surface area contributed by atoms with Gasteiger partial charge in [-0.2, -0.15) is 0 Å². The van der Waals surface area contributed by atoms with E-state index in [9.17, 15) is 0 Å². The molecule has 0 aromatic rings. The molecule has 1 rings (SSSR count). The van der Waals surface area contributed by atoms with Crippen LogP contribution in [-0.2, 0) is 0 Å². The van der Waals surface area contributed by atoms with Crippen LogP contribution in [0.1, 0.15) is 53.4 Å². The van der Waals surface area contributed by atoms with E-state index in [0.29, 0.717) is 5.41 Å². The minimum Gasteiger partial charge on any atom is -0.119 e. The Balaban J connectivity index is 2.69. The van der Waals surface area contributed by atoms with E-state index < -0.39 is 0 Å². The van der Waals surface area contributed by atoms with Gasteiger partial charge in [0.05, 0.1) is 0 Å². The summed E-state index contributed by atoms with van der Waals surface area (Å²) in [6.07, 6.45) is 10.7. The van der Waals surface area contributed by atoms with Crippen molar-refractivity contribution in [2.45, 2.75) is 53.4 Å². The van der Waals surface area contributed by atoms with Crippen LogP contribution in [0.4, 0.5) is 0 Å². The fourth-order valence-electron chi connectivity index (χ4n) is 3.10. The molecule has 74 valence electrons. The highest BCUT2D eigenvalue weighted by Crippen LogP contribution is 2.72. The first-order valence-corrected chi connectivity index (χ1v) is 5.56. The van der Waals surface area contributed by atoms with Gasteiger partial charge in [-0.3, -0.25) is 0 Å². The molecule has 1 aliphatic carbocycles. The topological polar surface area (TPSA) is 0 Å². The highest BCUT2D eigenvalue weighted by molar-refractivity contribution is 5.29. The lowest BCUT2D eigenvalue weighted by Gasteiger charge is -2.15. The van der Waals surface area contributed by atoms with Gasteiger partial charge in [0, 0.05) is 5.41 Å². The minimum absolute atomic E-state index is 0.224. The van der Waals surface area contributed by atoms with E-state index >= 15 is 0 Å². The van der Waals surface area contributed by atoms with E-state index in [2.05, 4.69) is 33.6 Å². The summed E-state index contributed by atoms with van der Waals surface area (Å²) < 4.78 is 0. The fraction of sp³-hybridized carbons (Fsp3) is 0.846. The number of terminal acetylenes is 1. The lowest BCUT2D eigenvalue weighted by molar-refractivity contribution is 0.384. The Hall–Kier alpha value is -0.440. The van der Waals surface area contributed by atoms with Gasteiger partial charge in [-0.25, -0.2) is 0 Å². The SMILES string of the molecule is C#CC1(CC)C(C)C1(C)CCCC. The number of unbranched alkanes of at least 4 members (excludes halogenated alkanes) is 1. The molecule has 0 spiro atoms. The second-order valence-electron chi connectivity index (χ2n) is 4.71. The van der Waals surface area contributed by atoms with Crippen molar-refractivity contribution in [3.63, 3.8) is 0 Å². The molecule has 0 heteroatoms. The quantitative estimate of drug-likeness (QED) is 0.573. The molecule has 3 unspecified atom stereocenters. The predicted molar refractivity (Wildman–Crippen MR) is 58.4 cm³/mol. The third kappa shape index (κ3) is 1.21. The highest BCUT2D eigenvalue weighted by atomic mass is 14.7. The van der Waals surface area contributed by atoms with Crippen LogP contribution in [0.15, 0.2) is 0 Å².